The minimum atomic E-state index is -1.15. The van der Waals surface area contributed by atoms with Crippen molar-refractivity contribution in [3.8, 4) is 5.75 Å². The van der Waals surface area contributed by atoms with Crippen LogP contribution in [0.1, 0.15) is 50.5 Å². The van der Waals surface area contributed by atoms with Crippen molar-refractivity contribution in [3.05, 3.63) is 29.8 Å². The lowest BCUT2D eigenvalue weighted by Gasteiger charge is -2.25. The maximum absolute atomic E-state index is 13.3. The number of nitrogens with one attached hydrogen (secondary N) is 3. The third-order valence-corrected chi connectivity index (χ3v) is 6.76. The molecule has 0 aliphatic carbocycles. The number of carbonyl (C=O) groups is 4. The van der Waals surface area contributed by atoms with Crippen LogP contribution in [-0.2, 0) is 25.6 Å². The molecule has 0 saturated heterocycles. The van der Waals surface area contributed by atoms with Crippen LogP contribution < -0.4 is 33.2 Å². The number of rotatable bonds is 20. The Kier molecular flexibility index (Phi) is 16.8. The lowest BCUT2D eigenvalue weighted by Crippen LogP contribution is -2.57. The Morgan fingerprint density at radius 3 is 1.74 bits per heavy atom. The van der Waals surface area contributed by atoms with Gasteiger partial charge < -0.3 is 43.4 Å². The monoisotopic (exact) mass is 568 g/mol. The van der Waals surface area contributed by atoms with E-state index in [0.717, 1.165) is 5.56 Å². The smallest absolute Gasteiger partial charge is 0.326 e. The largest absolute Gasteiger partial charge is 0.508 e. The molecule has 1 aromatic carbocycles. The summed E-state index contributed by atoms with van der Waals surface area (Å²) in [4.78, 5) is 50.8. The Balaban J connectivity index is 2.96. The third-order valence-electron chi connectivity index (χ3n) is 6.11. The van der Waals surface area contributed by atoms with Crippen LogP contribution in [0.2, 0.25) is 0 Å². The quantitative estimate of drug-likeness (QED) is 0.0968. The number of phenolic OH excluding ortho intramolecular Hbond substituents is 1. The standard InChI is InChI=1S/C26H44N6O6S/c1-39-15-12-22(26(37)38)32-25(36)21(7-3-5-14-28)31-24(35)20(6-2-4-13-27)30-23(34)19(29)16-17-8-10-18(33)11-9-17/h8-11,19-22,33H,2-7,12-16,27-29H2,1H3,(H,30,34)(H,31,35)(H,32,36)(H,37,38). The van der Waals surface area contributed by atoms with Crippen molar-refractivity contribution in [2.24, 2.45) is 17.2 Å². The number of amides is 3. The van der Waals surface area contributed by atoms with Crippen molar-refractivity contribution in [3.63, 3.8) is 0 Å². The highest BCUT2D eigenvalue weighted by atomic mass is 32.2. The molecule has 1 rings (SSSR count). The molecule has 4 unspecified atom stereocenters. The van der Waals surface area contributed by atoms with Gasteiger partial charge in [-0.25, -0.2) is 4.79 Å². The minimum Gasteiger partial charge on any atom is -0.508 e. The Bertz CT molecular complexity index is 903. The Labute approximate surface area is 234 Å². The van der Waals surface area contributed by atoms with Gasteiger partial charge in [0.1, 0.15) is 23.9 Å². The van der Waals surface area contributed by atoms with Gasteiger partial charge in [-0.2, -0.15) is 11.8 Å². The molecule has 4 atom stereocenters. The van der Waals surface area contributed by atoms with E-state index in [4.69, 9.17) is 17.2 Å². The second-order valence-electron chi connectivity index (χ2n) is 9.35. The van der Waals surface area contributed by atoms with Crippen LogP contribution in [0.15, 0.2) is 24.3 Å². The van der Waals surface area contributed by atoms with E-state index in [0.29, 0.717) is 44.5 Å². The van der Waals surface area contributed by atoms with E-state index in [1.165, 1.54) is 23.9 Å². The number of nitrogens with two attached hydrogens (primary N) is 3. The molecule has 0 aliphatic heterocycles. The molecule has 0 radical (unpaired) electrons. The molecule has 0 fully saturated rings. The number of hydrogen-bond donors (Lipinski definition) is 8. The summed E-state index contributed by atoms with van der Waals surface area (Å²) in [5.41, 5.74) is 18.0. The number of benzene rings is 1. The molecule has 0 aliphatic rings. The molecule has 0 spiro atoms. The molecule has 0 heterocycles. The van der Waals surface area contributed by atoms with Crippen molar-refractivity contribution in [1.29, 1.82) is 0 Å². The summed E-state index contributed by atoms with van der Waals surface area (Å²) in [6.45, 7) is 0.823. The highest BCUT2D eigenvalue weighted by Gasteiger charge is 2.30. The molecule has 0 bridgehead atoms. The van der Waals surface area contributed by atoms with Gasteiger partial charge in [0.25, 0.3) is 0 Å². The van der Waals surface area contributed by atoms with E-state index in [9.17, 15) is 29.4 Å². The van der Waals surface area contributed by atoms with Gasteiger partial charge in [0.05, 0.1) is 6.04 Å². The first-order valence-corrected chi connectivity index (χ1v) is 14.6. The molecule has 39 heavy (non-hydrogen) atoms. The van der Waals surface area contributed by atoms with Gasteiger partial charge in [-0.05, 0) is 94.2 Å². The van der Waals surface area contributed by atoms with E-state index in [-0.39, 0.29) is 31.4 Å². The molecule has 220 valence electrons. The summed E-state index contributed by atoms with van der Waals surface area (Å²) >= 11 is 1.46. The maximum atomic E-state index is 13.3. The van der Waals surface area contributed by atoms with E-state index in [1.807, 2.05) is 6.26 Å². The van der Waals surface area contributed by atoms with Crippen molar-refractivity contribution in [1.82, 2.24) is 16.0 Å². The summed E-state index contributed by atoms with van der Waals surface area (Å²) in [6, 6.07) is 2.30. The second kappa shape index (κ2) is 19.2. The highest BCUT2D eigenvalue weighted by molar-refractivity contribution is 7.98. The number of phenols is 1. The van der Waals surface area contributed by atoms with Crippen LogP contribution in [0.4, 0.5) is 0 Å². The van der Waals surface area contributed by atoms with Gasteiger partial charge in [-0.1, -0.05) is 12.1 Å². The second-order valence-corrected chi connectivity index (χ2v) is 10.3. The van der Waals surface area contributed by atoms with Gasteiger partial charge >= 0.3 is 5.97 Å². The number of hydrogen-bond acceptors (Lipinski definition) is 9. The molecular weight excluding hydrogens is 524 g/mol. The number of thioether (sulfide) groups is 1. The predicted octanol–water partition coefficient (Wildman–Crippen LogP) is -0.188. The number of unbranched alkanes of at least 4 members (excludes halogenated alkanes) is 2. The van der Waals surface area contributed by atoms with E-state index in [1.54, 1.807) is 12.1 Å². The third kappa shape index (κ3) is 13.7. The van der Waals surface area contributed by atoms with Crippen molar-refractivity contribution in [2.45, 2.75) is 75.5 Å². The molecule has 11 N–H and O–H groups in total. The van der Waals surface area contributed by atoms with E-state index < -0.39 is 47.9 Å². The summed E-state index contributed by atoms with van der Waals surface area (Å²) in [5.74, 6) is -2.23. The molecule has 0 saturated carbocycles. The zero-order chi connectivity index (χ0) is 29.2. The van der Waals surface area contributed by atoms with Gasteiger partial charge in [0, 0.05) is 0 Å². The summed E-state index contributed by atoms with van der Waals surface area (Å²) in [5, 5.41) is 26.9. The van der Waals surface area contributed by atoms with Gasteiger partial charge in [0.15, 0.2) is 0 Å². The predicted molar refractivity (Wildman–Crippen MR) is 152 cm³/mol. The SMILES string of the molecule is CSCCC(NC(=O)C(CCCCN)NC(=O)C(CCCCN)NC(=O)C(N)Cc1ccc(O)cc1)C(=O)O. The van der Waals surface area contributed by atoms with Gasteiger partial charge in [0.2, 0.25) is 17.7 Å². The lowest BCUT2D eigenvalue weighted by molar-refractivity contribution is -0.142. The first-order valence-electron chi connectivity index (χ1n) is 13.2. The van der Waals surface area contributed by atoms with Crippen LogP contribution in [0.3, 0.4) is 0 Å². The van der Waals surface area contributed by atoms with Crippen molar-refractivity contribution < 1.29 is 29.4 Å². The molecule has 13 heteroatoms. The van der Waals surface area contributed by atoms with Crippen LogP contribution >= 0.6 is 11.8 Å². The average molecular weight is 569 g/mol. The summed E-state index contributed by atoms with van der Waals surface area (Å²) < 4.78 is 0. The molecular formula is C26H44N6O6S. The average Bonchev–Trinajstić information content (AvgIpc) is 2.90. The number of aliphatic carboxylic acids is 1. The Morgan fingerprint density at radius 2 is 1.28 bits per heavy atom. The molecule has 3 amide bonds. The molecule has 0 aromatic heterocycles. The fourth-order valence-electron chi connectivity index (χ4n) is 3.82. The zero-order valence-corrected chi connectivity index (χ0v) is 23.4. The van der Waals surface area contributed by atoms with Crippen LogP contribution in [-0.4, -0.2) is 83.2 Å². The molecule has 12 nitrogen and oxygen atoms in total. The number of carboxylic acids is 1. The Hall–Kier alpha value is -2.87. The van der Waals surface area contributed by atoms with Crippen LogP contribution in [0, 0.1) is 0 Å². The van der Waals surface area contributed by atoms with E-state index >= 15 is 0 Å². The topological polar surface area (TPSA) is 223 Å². The zero-order valence-electron chi connectivity index (χ0n) is 22.6. The number of carboxylic acid groups (broad SMARTS) is 1. The number of carbonyl (C=O) groups excluding carboxylic acids is 3. The van der Waals surface area contributed by atoms with Gasteiger partial charge in [-0.3, -0.25) is 14.4 Å². The molecule has 1 aromatic rings. The Morgan fingerprint density at radius 1 is 0.795 bits per heavy atom. The minimum absolute atomic E-state index is 0.0948. The fourth-order valence-corrected chi connectivity index (χ4v) is 4.29. The van der Waals surface area contributed by atoms with Gasteiger partial charge in [-0.15, -0.1) is 0 Å². The van der Waals surface area contributed by atoms with E-state index in [2.05, 4.69) is 16.0 Å². The normalized spacial score (nSPS) is 14.1. The summed E-state index contributed by atoms with van der Waals surface area (Å²) in [6.07, 6.45) is 5.17. The van der Waals surface area contributed by atoms with Crippen LogP contribution in [0.5, 0.6) is 5.75 Å². The first kappa shape index (κ1) is 34.2. The van der Waals surface area contributed by atoms with Crippen molar-refractivity contribution in [2.75, 3.05) is 25.1 Å². The first-order chi connectivity index (χ1) is 18.6. The fraction of sp³-hybridized carbons (Fsp3) is 0.615. The lowest BCUT2D eigenvalue weighted by atomic mass is 10.0. The van der Waals surface area contributed by atoms with Crippen molar-refractivity contribution >= 4 is 35.5 Å². The van der Waals surface area contributed by atoms with Crippen LogP contribution in [0.25, 0.3) is 0 Å². The highest BCUT2D eigenvalue weighted by Crippen LogP contribution is 2.12. The maximum Gasteiger partial charge on any atom is 0.326 e. The summed E-state index contributed by atoms with van der Waals surface area (Å²) in [7, 11) is 0. The number of aromatic hydroxyl groups is 1.